The van der Waals surface area contributed by atoms with Crippen LogP contribution in [0.25, 0.3) is 0 Å². The van der Waals surface area contributed by atoms with Crippen LogP contribution in [0.4, 0.5) is 0 Å². The summed E-state index contributed by atoms with van der Waals surface area (Å²) < 4.78 is 10.8. The van der Waals surface area contributed by atoms with E-state index < -0.39 is 0 Å². The van der Waals surface area contributed by atoms with Crippen LogP contribution in [0.5, 0.6) is 0 Å². The number of carbonyl (C=O) groups excluding carboxylic acids is 1. The molecule has 1 saturated carbocycles. The Morgan fingerprint density at radius 2 is 2.04 bits per heavy atom. The molecule has 1 aromatic carbocycles. The van der Waals surface area contributed by atoms with E-state index in [1.54, 1.807) is 6.07 Å². The molecule has 2 fully saturated rings. The first-order valence-electron chi connectivity index (χ1n) is 9.01. The van der Waals surface area contributed by atoms with Gasteiger partial charge < -0.3 is 14.2 Å². The number of ether oxygens (including phenoxy) is 1. The van der Waals surface area contributed by atoms with Crippen molar-refractivity contribution in [3.05, 3.63) is 52.4 Å². The molecule has 26 heavy (non-hydrogen) atoms. The van der Waals surface area contributed by atoms with E-state index in [-0.39, 0.29) is 11.9 Å². The lowest BCUT2D eigenvalue weighted by molar-refractivity contribution is 0.0305. The Kier molecular flexibility index (Phi) is 5.24. The largest absolute Gasteiger partial charge is 0.379 e. The van der Waals surface area contributed by atoms with Crippen LogP contribution in [0, 0.1) is 0 Å². The number of nitrogens with zero attached hydrogens (tertiary/aromatic N) is 3. The number of halogens is 1. The van der Waals surface area contributed by atoms with E-state index >= 15 is 0 Å². The van der Waals surface area contributed by atoms with Crippen LogP contribution >= 0.6 is 11.6 Å². The SMILES string of the molecule is O=C(c1cc(CN2CCOCC2)on1)N(Cc1ccccc1Cl)C1CC1. The van der Waals surface area contributed by atoms with Crippen molar-refractivity contribution < 1.29 is 14.1 Å². The van der Waals surface area contributed by atoms with Crippen LogP contribution in [0.3, 0.4) is 0 Å². The zero-order valence-corrected chi connectivity index (χ0v) is 15.3. The molecule has 0 bridgehead atoms. The van der Waals surface area contributed by atoms with Crippen LogP contribution in [0.2, 0.25) is 5.02 Å². The number of rotatable bonds is 6. The van der Waals surface area contributed by atoms with Crippen molar-refractivity contribution in [2.75, 3.05) is 26.3 Å². The smallest absolute Gasteiger partial charge is 0.276 e. The number of hydrogen-bond donors (Lipinski definition) is 0. The fourth-order valence-corrected chi connectivity index (χ4v) is 3.37. The van der Waals surface area contributed by atoms with Crippen LogP contribution in [-0.2, 0) is 17.8 Å². The van der Waals surface area contributed by atoms with Gasteiger partial charge in [0.1, 0.15) is 0 Å². The maximum absolute atomic E-state index is 13.0. The van der Waals surface area contributed by atoms with Gasteiger partial charge in [-0.1, -0.05) is 35.0 Å². The Morgan fingerprint density at radius 3 is 2.77 bits per heavy atom. The van der Waals surface area contributed by atoms with Crippen molar-refractivity contribution in [3.8, 4) is 0 Å². The van der Waals surface area contributed by atoms with Crippen molar-refractivity contribution >= 4 is 17.5 Å². The molecule has 2 aliphatic rings. The van der Waals surface area contributed by atoms with Gasteiger partial charge in [-0.05, 0) is 24.5 Å². The summed E-state index contributed by atoms with van der Waals surface area (Å²) in [7, 11) is 0. The number of hydrogen-bond acceptors (Lipinski definition) is 5. The average molecular weight is 376 g/mol. The minimum atomic E-state index is -0.0932. The molecule has 138 valence electrons. The third kappa shape index (κ3) is 4.09. The van der Waals surface area contributed by atoms with Crippen molar-refractivity contribution in [2.45, 2.75) is 32.0 Å². The summed E-state index contributed by atoms with van der Waals surface area (Å²) in [5.41, 5.74) is 1.32. The molecule has 1 saturated heterocycles. The normalized spacial score (nSPS) is 18.0. The quantitative estimate of drug-likeness (QED) is 0.776. The van der Waals surface area contributed by atoms with Gasteiger partial charge in [-0.25, -0.2) is 0 Å². The molecule has 1 amide bonds. The summed E-state index contributed by atoms with van der Waals surface area (Å²) >= 11 is 6.27. The van der Waals surface area contributed by atoms with E-state index in [1.165, 1.54) is 0 Å². The molecule has 0 atom stereocenters. The van der Waals surface area contributed by atoms with Crippen molar-refractivity contribution in [1.29, 1.82) is 0 Å². The first-order valence-corrected chi connectivity index (χ1v) is 9.38. The van der Waals surface area contributed by atoms with E-state index in [1.807, 2.05) is 29.2 Å². The zero-order valence-electron chi connectivity index (χ0n) is 14.6. The molecule has 1 aliphatic carbocycles. The predicted octanol–water partition coefficient (Wildman–Crippen LogP) is 2.97. The number of benzene rings is 1. The van der Waals surface area contributed by atoms with Gasteiger partial charge in [0.2, 0.25) is 0 Å². The van der Waals surface area contributed by atoms with E-state index in [2.05, 4.69) is 10.1 Å². The summed E-state index contributed by atoms with van der Waals surface area (Å²) in [4.78, 5) is 17.1. The fraction of sp³-hybridized carbons (Fsp3) is 0.474. The first kappa shape index (κ1) is 17.5. The van der Waals surface area contributed by atoms with Gasteiger partial charge in [0, 0.05) is 36.8 Å². The van der Waals surface area contributed by atoms with Gasteiger partial charge in [-0.15, -0.1) is 0 Å². The third-order valence-electron chi connectivity index (χ3n) is 4.81. The lowest BCUT2D eigenvalue weighted by Gasteiger charge is -2.25. The standard InChI is InChI=1S/C19H22ClN3O3/c20-17-4-2-1-3-14(17)12-23(15-5-6-15)19(24)18-11-16(26-21-18)13-22-7-9-25-10-8-22/h1-4,11,15H,5-10,12-13H2. The predicted molar refractivity (Wildman–Crippen MR) is 96.9 cm³/mol. The summed E-state index contributed by atoms with van der Waals surface area (Å²) in [6.07, 6.45) is 2.04. The Morgan fingerprint density at radius 1 is 1.27 bits per heavy atom. The number of morpholine rings is 1. The van der Waals surface area contributed by atoms with Gasteiger partial charge >= 0.3 is 0 Å². The van der Waals surface area contributed by atoms with Crippen LogP contribution in [0.15, 0.2) is 34.9 Å². The number of carbonyl (C=O) groups is 1. The molecule has 0 N–H and O–H groups in total. The van der Waals surface area contributed by atoms with Crippen LogP contribution < -0.4 is 0 Å². The lowest BCUT2D eigenvalue weighted by Crippen LogP contribution is -2.35. The monoisotopic (exact) mass is 375 g/mol. The van der Waals surface area contributed by atoms with Gasteiger partial charge in [0.25, 0.3) is 5.91 Å². The molecule has 0 unspecified atom stereocenters. The van der Waals surface area contributed by atoms with Crippen molar-refractivity contribution in [1.82, 2.24) is 15.0 Å². The summed E-state index contributed by atoms with van der Waals surface area (Å²) in [6.45, 7) is 4.34. The highest BCUT2D eigenvalue weighted by atomic mass is 35.5. The molecule has 0 spiro atoms. The number of amides is 1. The molecule has 4 rings (SSSR count). The van der Waals surface area contributed by atoms with Gasteiger partial charge in [0.05, 0.1) is 19.8 Å². The van der Waals surface area contributed by atoms with Gasteiger partial charge in [0.15, 0.2) is 11.5 Å². The van der Waals surface area contributed by atoms with E-state index in [9.17, 15) is 4.79 Å². The Labute approximate surface area is 157 Å². The Balaban J connectivity index is 1.45. The van der Waals surface area contributed by atoms with E-state index in [0.29, 0.717) is 29.6 Å². The van der Waals surface area contributed by atoms with E-state index in [0.717, 1.165) is 44.7 Å². The van der Waals surface area contributed by atoms with Gasteiger partial charge in [-0.3, -0.25) is 9.69 Å². The molecule has 1 aliphatic heterocycles. The molecular weight excluding hydrogens is 354 g/mol. The fourth-order valence-electron chi connectivity index (χ4n) is 3.18. The minimum absolute atomic E-state index is 0.0932. The second-order valence-electron chi connectivity index (χ2n) is 6.82. The molecule has 6 nitrogen and oxygen atoms in total. The molecule has 2 aromatic rings. The summed E-state index contributed by atoms with van der Waals surface area (Å²) in [5.74, 6) is 0.619. The minimum Gasteiger partial charge on any atom is -0.379 e. The third-order valence-corrected chi connectivity index (χ3v) is 5.18. The van der Waals surface area contributed by atoms with Gasteiger partial charge in [-0.2, -0.15) is 0 Å². The Hall–Kier alpha value is -1.89. The topological polar surface area (TPSA) is 58.8 Å². The lowest BCUT2D eigenvalue weighted by atomic mass is 10.2. The maximum atomic E-state index is 13.0. The van der Waals surface area contributed by atoms with Crippen molar-refractivity contribution in [3.63, 3.8) is 0 Å². The highest BCUT2D eigenvalue weighted by Crippen LogP contribution is 2.31. The highest BCUT2D eigenvalue weighted by Gasteiger charge is 2.34. The second-order valence-corrected chi connectivity index (χ2v) is 7.23. The van der Waals surface area contributed by atoms with Crippen LogP contribution in [-0.4, -0.2) is 53.2 Å². The number of aromatic nitrogens is 1. The molecular formula is C19H22ClN3O3. The van der Waals surface area contributed by atoms with Crippen LogP contribution in [0.1, 0.15) is 34.7 Å². The molecule has 7 heteroatoms. The van der Waals surface area contributed by atoms with Crippen molar-refractivity contribution in [2.24, 2.45) is 0 Å². The first-order chi connectivity index (χ1) is 12.7. The average Bonchev–Trinajstić information content (AvgIpc) is 3.40. The highest BCUT2D eigenvalue weighted by molar-refractivity contribution is 6.31. The molecule has 0 radical (unpaired) electrons. The molecule has 2 heterocycles. The Bertz CT molecular complexity index is 769. The maximum Gasteiger partial charge on any atom is 0.276 e. The summed E-state index contributed by atoms with van der Waals surface area (Å²) in [6, 6.07) is 9.66. The molecule has 1 aromatic heterocycles. The second kappa shape index (κ2) is 7.78. The van der Waals surface area contributed by atoms with E-state index in [4.69, 9.17) is 20.9 Å². The summed E-state index contributed by atoms with van der Waals surface area (Å²) in [5, 5.41) is 4.70. The zero-order chi connectivity index (χ0) is 17.9.